The van der Waals surface area contributed by atoms with Crippen molar-refractivity contribution in [2.45, 2.75) is 13.5 Å². The highest BCUT2D eigenvalue weighted by Gasteiger charge is 2.28. The molecule has 1 aliphatic rings. The molecule has 0 unspecified atom stereocenters. The fourth-order valence-electron chi connectivity index (χ4n) is 3.39. The third-order valence-corrected chi connectivity index (χ3v) is 4.79. The molecule has 0 fully saturated rings. The Labute approximate surface area is 158 Å². The lowest BCUT2D eigenvalue weighted by atomic mass is 10.0. The molecule has 0 atom stereocenters. The van der Waals surface area contributed by atoms with Crippen molar-refractivity contribution in [1.82, 2.24) is 4.98 Å². The van der Waals surface area contributed by atoms with Crippen LogP contribution in [0.25, 0.3) is 11.1 Å². The molecule has 0 spiro atoms. The molecule has 136 valence electrons. The maximum Gasteiger partial charge on any atom is 0.258 e. The number of nitrogens with zero attached hydrogens (tertiary/aromatic N) is 2. The molecule has 0 radical (unpaired) electrons. The number of carbonyl (C=O) groups is 1. The summed E-state index contributed by atoms with van der Waals surface area (Å²) in [6.07, 6.45) is 1.75. The highest BCUT2D eigenvalue weighted by Crippen LogP contribution is 2.34. The quantitative estimate of drug-likeness (QED) is 0.698. The van der Waals surface area contributed by atoms with Crippen LogP contribution in [-0.4, -0.2) is 25.1 Å². The molecule has 4 rings (SSSR count). The Bertz CT molecular complexity index is 1030. The molecular weight excluding hydrogens is 340 g/mol. The third kappa shape index (κ3) is 3.01. The molecule has 2 aromatic carbocycles. The van der Waals surface area contributed by atoms with Crippen LogP contribution in [0.15, 0.2) is 54.7 Å². The van der Waals surface area contributed by atoms with Gasteiger partial charge in [0.15, 0.2) is 5.75 Å². The molecule has 0 aliphatic carbocycles. The van der Waals surface area contributed by atoms with E-state index in [9.17, 15) is 4.79 Å². The monoisotopic (exact) mass is 360 g/mol. The fraction of sp³-hybridized carbons (Fsp3) is 0.182. The number of hydrogen-bond donors (Lipinski definition) is 0. The average Bonchev–Trinajstić information content (AvgIpc) is 3.03. The van der Waals surface area contributed by atoms with E-state index in [1.807, 2.05) is 60.4 Å². The van der Waals surface area contributed by atoms with Gasteiger partial charge in [-0.2, -0.15) is 0 Å². The van der Waals surface area contributed by atoms with Crippen molar-refractivity contribution in [1.29, 1.82) is 0 Å². The van der Waals surface area contributed by atoms with Gasteiger partial charge in [-0.05, 0) is 53.9 Å². The summed E-state index contributed by atoms with van der Waals surface area (Å²) in [6, 6.07) is 15.8. The van der Waals surface area contributed by atoms with E-state index in [2.05, 4.69) is 4.98 Å². The van der Waals surface area contributed by atoms with E-state index in [1.54, 1.807) is 20.4 Å². The highest BCUT2D eigenvalue weighted by atomic mass is 16.5. The van der Waals surface area contributed by atoms with Gasteiger partial charge in [-0.3, -0.25) is 4.79 Å². The lowest BCUT2D eigenvalue weighted by Crippen LogP contribution is -2.22. The minimum atomic E-state index is 0.0348. The van der Waals surface area contributed by atoms with Crippen molar-refractivity contribution in [2.24, 2.45) is 0 Å². The summed E-state index contributed by atoms with van der Waals surface area (Å²) in [7, 11) is 3.15. The SMILES string of the molecule is COc1cc(-c2ccc3c(c2)CN(c2cccc(C)c2)C3=O)cnc1OC. The first-order valence-electron chi connectivity index (χ1n) is 8.70. The zero-order valence-electron chi connectivity index (χ0n) is 15.5. The summed E-state index contributed by atoms with van der Waals surface area (Å²) < 4.78 is 10.5. The normalized spacial score (nSPS) is 12.9. The van der Waals surface area contributed by atoms with Gasteiger partial charge in [0.05, 0.1) is 20.8 Å². The molecule has 5 nitrogen and oxygen atoms in total. The summed E-state index contributed by atoms with van der Waals surface area (Å²) in [4.78, 5) is 18.9. The number of amides is 1. The molecule has 27 heavy (non-hydrogen) atoms. The summed E-state index contributed by atoms with van der Waals surface area (Å²) in [5, 5.41) is 0. The van der Waals surface area contributed by atoms with Crippen molar-refractivity contribution in [2.75, 3.05) is 19.1 Å². The zero-order chi connectivity index (χ0) is 19.0. The van der Waals surface area contributed by atoms with Crippen LogP contribution in [0.3, 0.4) is 0 Å². The maximum atomic E-state index is 12.8. The Balaban J connectivity index is 1.69. The van der Waals surface area contributed by atoms with Crippen molar-refractivity contribution in [3.8, 4) is 22.8 Å². The van der Waals surface area contributed by atoms with Crippen LogP contribution in [0.4, 0.5) is 5.69 Å². The number of ether oxygens (including phenoxy) is 2. The largest absolute Gasteiger partial charge is 0.491 e. The smallest absolute Gasteiger partial charge is 0.258 e. The van der Waals surface area contributed by atoms with Crippen molar-refractivity contribution < 1.29 is 14.3 Å². The van der Waals surface area contributed by atoms with Gasteiger partial charge in [0.25, 0.3) is 11.8 Å². The van der Waals surface area contributed by atoms with E-state index in [0.717, 1.165) is 33.5 Å². The molecule has 1 amide bonds. The third-order valence-electron chi connectivity index (χ3n) is 4.79. The van der Waals surface area contributed by atoms with E-state index in [1.165, 1.54) is 0 Å². The molecule has 0 saturated heterocycles. The number of hydrogen-bond acceptors (Lipinski definition) is 4. The van der Waals surface area contributed by atoms with E-state index >= 15 is 0 Å². The Morgan fingerprint density at radius 1 is 1.00 bits per heavy atom. The molecule has 0 saturated carbocycles. The van der Waals surface area contributed by atoms with Crippen LogP contribution in [-0.2, 0) is 6.54 Å². The molecular formula is C22H20N2O3. The number of fused-ring (bicyclic) bond motifs is 1. The first-order valence-corrected chi connectivity index (χ1v) is 8.70. The molecule has 0 N–H and O–H groups in total. The molecule has 1 aromatic heterocycles. The van der Waals surface area contributed by atoms with E-state index in [4.69, 9.17) is 9.47 Å². The molecule has 0 bridgehead atoms. The van der Waals surface area contributed by atoms with Crippen LogP contribution >= 0.6 is 0 Å². The average molecular weight is 360 g/mol. The second-order valence-electron chi connectivity index (χ2n) is 6.54. The number of carbonyl (C=O) groups excluding carboxylic acids is 1. The number of aryl methyl sites for hydroxylation is 1. The second kappa shape index (κ2) is 6.76. The van der Waals surface area contributed by atoms with Crippen LogP contribution in [0.5, 0.6) is 11.6 Å². The van der Waals surface area contributed by atoms with Gasteiger partial charge in [0.1, 0.15) is 0 Å². The summed E-state index contributed by atoms with van der Waals surface area (Å²) in [5.74, 6) is 1.06. The van der Waals surface area contributed by atoms with Crippen molar-refractivity contribution in [3.05, 3.63) is 71.4 Å². The number of rotatable bonds is 4. The van der Waals surface area contributed by atoms with Crippen molar-refractivity contribution >= 4 is 11.6 Å². The van der Waals surface area contributed by atoms with Crippen LogP contribution in [0.1, 0.15) is 21.5 Å². The number of benzene rings is 2. The molecule has 3 aromatic rings. The first kappa shape index (κ1) is 17.1. The van der Waals surface area contributed by atoms with E-state index in [-0.39, 0.29) is 5.91 Å². The Hall–Kier alpha value is -3.34. The van der Waals surface area contributed by atoms with Gasteiger partial charge >= 0.3 is 0 Å². The van der Waals surface area contributed by atoms with Crippen LogP contribution in [0, 0.1) is 6.92 Å². The van der Waals surface area contributed by atoms with Crippen LogP contribution in [0.2, 0.25) is 0 Å². The lowest BCUT2D eigenvalue weighted by Gasteiger charge is -2.16. The van der Waals surface area contributed by atoms with Crippen LogP contribution < -0.4 is 14.4 Å². The van der Waals surface area contributed by atoms with Gasteiger partial charge in [-0.1, -0.05) is 18.2 Å². The lowest BCUT2D eigenvalue weighted by molar-refractivity contribution is 0.0996. The Morgan fingerprint density at radius 2 is 1.85 bits per heavy atom. The van der Waals surface area contributed by atoms with Gasteiger partial charge in [0, 0.05) is 23.0 Å². The number of methoxy groups -OCH3 is 2. The topological polar surface area (TPSA) is 51.7 Å². The number of anilines is 1. The minimum absolute atomic E-state index is 0.0348. The summed E-state index contributed by atoms with van der Waals surface area (Å²) in [6.45, 7) is 2.59. The van der Waals surface area contributed by atoms with E-state index < -0.39 is 0 Å². The fourth-order valence-corrected chi connectivity index (χ4v) is 3.39. The summed E-state index contributed by atoms with van der Waals surface area (Å²) >= 11 is 0. The predicted molar refractivity (Wildman–Crippen MR) is 104 cm³/mol. The maximum absolute atomic E-state index is 12.8. The van der Waals surface area contributed by atoms with E-state index in [0.29, 0.717) is 18.2 Å². The van der Waals surface area contributed by atoms with Crippen molar-refractivity contribution in [3.63, 3.8) is 0 Å². The minimum Gasteiger partial charge on any atom is -0.491 e. The Kier molecular flexibility index (Phi) is 4.28. The van der Waals surface area contributed by atoms with Gasteiger partial charge in [-0.25, -0.2) is 4.98 Å². The highest BCUT2D eigenvalue weighted by molar-refractivity contribution is 6.10. The number of pyridine rings is 1. The summed E-state index contributed by atoms with van der Waals surface area (Å²) in [5.41, 5.74) is 5.71. The number of aromatic nitrogens is 1. The van der Waals surface area contributed by atoms with Gasteiger partial charge in [0.2, 0.25) is 0 Å². The standard InChI is InChI=1S/C22H20N2O3/c1-14-5-4-6-18(9-14)24-13-17-10-15(7-8-19(17)22(24)25)16-11-20(26-2)21(27-3)23-12-16/h4-12H,13H2,1-3H3. The van der Waals surface area contributed by atoms with Gasteiger partial charge < -0.3 is 14.4 Å². The second-order valence-corrected chi connectivity index (χ2v) is 6.54. The predicted octanol–water partition coefficient (Wildman–Crippen LogP) is 4.23. The molecule has 2 heterocycles. The molecule has 5 heteroatoms. The Morgan fingerprint density at radius 3 is 2.59 bits per heavy atom. The zero-order valence-corrected chi connectivity index (χ0v) is 15.5. The first-order chi connectivity index (χ1) is 13.1. The molecule has 1 aliphatic heterocycles. The van der Waals surface area contributed by atoms with Gasteiger partial charge in [-0.15, -0.1) is 0 Å².